The fourth-order valence-corrected chi connectivity index (χ4v) is 2.10. The maximum atomic E-state index is 11.0. The van der Waals surface area contributed by atoms with Crippen LogP contribution in [0.3, 0.4) is 0 Å². The van der Waals surface area contributed by atoms with Gasteiger partial charge in [0.15, 0.2) is 0 Å². The van der Waals surface area contributed by atoms with Crippen LogP contribution in [-0.4, -0.2) is 11.9 Å². The van der Waals surface area contributed by atoms with Gasteiger partial charge in [-0.3, -0.25) is 4.79 Å². The Hall–Kier alpha value is -0.960. The Morgan fingerprint density at radius 2 is 2.06 bits per heavy atom. The normalized spacial score (nSPS) is 14.9. The highest BCUT2D eigenvalue weighted by Crippen LogP contribution is 2.25. The van der Waals surface area contributed by atoms with Crippen LogP contribution in [-0.2, 0) is 9.32 Å². The molecule has 0 radical (unpaired) electrons. The quantitative estimate of drug-likeness (QED) is 0.778. The van der Waals surface area contributed by atoms with Gasteiger partial charge in [-0.15, -0.1) is 0 Å². The minimum Gasteiger partial charge on any atom is -0.659 e. The van der Waals surface area contributed by atoms with E-state index < -0.39 is 9.03 Å². The molecule has 0 spiro atoms. The van der Waals surface area contributed by atoms with E-state index in [1.807, 2.05) is 37.3 Å². The molecule has 0 bridgehead atoms. The molecule has 0 saturated carbocycles. The van der Waals surface area contributed by atoms with E-state index in [1.165, 1.54) is 6.92 Å². The smallest absolute Gasteiger partial charge is 0.217 e. The summed E-state index contributed by atoms with van der Waals surface area (Å²) in [6.45, 7) is 3.27. The molecule has 1 amide bonds. The SMILES string of the molecule is CC(=O)N[C@@H](C)[C@@H](O[PH2+][O-])c1ccccc1. The predicted molar refractivity (Wildman–Crippen MR) is 63.3 cm³/mol. The highest BCUT2D eigenvalue weighted by Gasteiger charge is 2.22. The third kappa shape index (κ3) is 3.89. The second-order valence-electron chi connectivity index (χ2n) is 3.55. The van der Waals surface area contributed by atoms with Crippen molar-refractivity contribution in [2.24, 2.45) is 0 Å². The van der Waals surface area contributed by atoms with Gasteiger partial charge in [-0.2, -0.15) is 0 Å². The van der Waals surface area contributed by atoms with Gasteiger partial charge < -0.3 is 10.2 Å². The number of rotatable bonds is 5. The Labute approximate surface area is 97.0 Å². The van der Waals surface area contributed by atoms with E-state index in [1.54, 1.807) is 0 Å². The summed E-state index contributed by atoms with van der Waals surface area (Å²) in [5.41, 5.74) is 0.909. The minimum atomic E-state index is -1.30. The molecule has 5 heteroatoms. The molecule has 0 aliphatic rings. The van der Waals surface area contributed by atoms with Gasteiger partial charge in [0.25, 0.3) is 0 Å². The fourth-order valence-electron chi connectivity index (χ4n) is 1.58. The zero-order chi connectivity index (χ0) is 12.0. The molecule has 0 aliphatic carbocycles. The van der Waals surface area contributed by atoms with Crippen molar-refractivity contribution in [3.63, 3.8) is 0 Å². The van der Waals surface area contributed by atoms with Crippen LogP contribution in [0.15, 0.2) is 30.3 Å². The maximum absolute atomic E-state index is 11.0. The molecule has 1 rings (SSSR count). The summed E-state index contributed by atoms with van der Waals surface area (Å²) in [6.07, 6.45) is -0.363. The summed E-state index contributed by atoms with van der Waals surface area (Å²) in [7, 11) is -1.30. The average molecular weight is 241 g/mol. The first-order valence-electron chi connectivity index (χ1n) is 5.06. The summed E-state index contributed by atoms with van der Waals surface area (Å²) in [5, 5.41) is 2.74. The summed E-state index contributed by atoms with van der Waals surface area (Å²) >= 11 is 0. The van der Waals surface area contributed by atoms with Gasteiger partial charge in [-0.05, 0) is 12.5 Å². The largest absolute Gasteiger partial charge is 0.659 e. The van der Waals surface area contributed by atoms with Crippen molar-refractivity contribution in [2.75, 3.05) is 0 Å². The molecule has 0 heterocycles. The molecule has 88 valence electrons. The lowest BCUT2D eigenvalue weighted by Crippen LogP contribution is -2.36. The molecule has 0 aromatic heterocycles. The summed E-state index contributed by atoms with van der Waals surface area (Å²) in [4.78, 5) is 21.6. The van der Waals surface area contributed by atoms with Crippen molar-refractivity contribution >= 4 is 14.9 Å². The summed E-state index contributed by atoms with van der Waals surface area (Å²) in [5.74, 6) is -0.127. The molecule has 3 atom stereocenters. The molecule has 1 unspecified atom stereocenters. The lowest BCUT2D eigenvalue weighted by molar-refractivity contribution is -0.174. The van der Waals surface area contributed by atoms with Crippen molar-refractivity contribution in [1.29, 1.82) is 0 Å². The number of amides is 1. The molecule has 1 N–H and O–H groups in total. The van der Waals surface area contributed by atoms with Crippen LogP contribution in [0.1, 0.15) is 25.5 Å². The summed E-state index contributed by atoms with van der Waals surface area (Å²) < 4.78 is 5.20. The van der Waals surface area contributed by atoms with Gasteiger partial charge in [0, 0.05) is 6.92 Å². The molecule has 0 aliphatic heterocycles. The van der Waals surface area contributed by atoms with Gasteiger partial charge >= 0.3 is 0 Å². The Bertz CT molecular complexity index is 331. The first-order chi connectivity index (χ1) is 7.65. The van der Waals surface area contributed by atoms with Crippen molar-refractivity contribution < 1.29 is 14.2 Å². The van der Waals surface area contributed by atoms with E-state index in [2.05, 4.69) is 5.32 Å². The summed E-state index contributed by atoms with van der Waals surface area (Å²) in [6, 6.07) is 9.23. The molecule has 1 aromatic rings. The Balaban J connectivity index is 2.78. The number of benzene rings is 1. The van der Waals surface area contributed by atoms with Crippen molar-refractivity contribution in [1.82, 2.24) is 5.32 Å². The van der Waals surface area contributed by atoms with Crippen LogP contribution in [0.2, 0.25) is 0 Å². The number of carbonyl (C=O) groups is 1. The Morgan fingerprint density at radius 3 is 2.56 bits per heavy atom. The molecular weight excluding hydrogens is 225 g/mol. The minimum absolute atomic E-state index is 0.127. The van der Waals surface area contributed by atoms with Gasteiger partial charge in [0.1, 0.15) is 6.10 Å². The van der Waals surface area contributed by atoms with Crippen molar-refractivity contribution in [2.45, 2.75) is 26.0 Å². The Morgan fingerprint density at radius 1 is 1.44 bits per heavy atom. The van der Waals surface area contributed by atoms with Crippen LogP contribution in [0.4, 0.5) is 0 Å². The standard InChI is InChI=1S/C11H16NO3P/c1-8(12-9(2)13)11(15-16-14)10-6-4-3-5-7-10/h3-8,11H,16H2,1-2H3,(H,12,13)/t8-,11+/m0/s1. The number of nitrogens with one attached hydrogen (secondary N) is 1. The molecule has 0 saturated heterocycles. The van der Waals surface area contributed by atoms with Crippen LogP contribution in [0.5, 0.6) is 0 Å². The first kappa shape index (κ1) is 13.1. The van der Waals surface area contributed by atoms with Gasteiger partial charge in [0.05, 0.1) is 15.1 Å². The molecular formula is C11H16NO3P. The highest BCUT2D eigenvalue weighted by atomic mass is 31.1. The number of carbonyl (C=O) groups excluding carboxylic acids is 1. The molecule has 0 fully saturated rings. The lowest BCUT2D eigenvalue weighted by Gasteiger charge is -2.22. The van der Waals surface area contributed by atoms with Crippen molar-refractivity contribution in [3.05, 3.63) is 35.9 Å². The van der Waals surface area contributed by atoms with E-state index >= 15 is 0 Å². The zero-order valence-corrected chi connectivity index (χ0v) is 10.5. The fraction of sp³-hybridized carbons (Fsp3) is 0.364. The second-order valence-corrected chi connectivity index (χ2v) is 4.02. The predicted octanol–water partition coefficient (Wildman–Crippen LogP) is 0.870. The molecule has 16 heavy (non-hydrogen) atoms. The van der Waals surface area contributed by atoms with E-state index in [4.69, 9.17) is 4.52 Å². The molecule has 4 nitrogen and oxygen atoms in total. The van der Waals surface area contributed by atoms with E-state index in [-0.39, 0.29) is 18.1 Å². The number of hydrogen-bond acceptors (Lipinski definition) is 3. The van der Waals surface area contributed by atoms with Crippen molar-refractivity contribution in [3.8, 4) is 0 Å². The third-order valence-corrected chi connectivity index (χ3v) is 2.62. The van der Waals surface area contributed by atoms with Crippen LogP contribution < -0.4 is 10.2 Å². The van der Waals surface area contributed by atoms with Crippen LogP contribution in [0.25, 0.3) is 0 Å². The lowest BCUT2D eigenvalue weighted by atomic mass is 10.0. The highest BCUT2D eigenvalue weighted by molar-refractivity contribution is 7.23. The van der Waals surface area contributed by atoms with E-state index in [0.717, 1.165) is 5.56 Å². The van der Waals surface area contributed by atoms with Gasteiger partial charge in [-0.25, -0.2) is 4.52 Å². The van der Waals surface area contributed by atoms with E-state index in [0.29, 0.717) is 0 Å². The third-order valence-electron chi connectivity index (χ3n) is 2.22. The maximum Gasteiger partial charge on any atom is 0.217 e. The topological polar surface area (TPSA) is 61.4 Å². The van der Waals surface area contributed by atoms with Gasteiger partial charge in [-0.1, -0.05) is 30.3 Å². The average Bonchev–Trinajstić information content (AvgIpc) is 2.26. The second kappa shape index (κ2) is 6.59. The van der Waals surface area contributed by atoms with Crippen LogP contribution in [0, 0.1) is 0 Å². The first-order valence-corrected chi connectivity index (χ1v) is 6.00. The molecule has 1 aromatic carbocycles. The van der Waals surface area contributed by atoms with Gasteiger partial charge in [0.2, 0.25) is 5.91 Å². The number of hydrogen-bond donors (Lipinski definition) is 1. The Kier molecular flexibility index (Phi) is 5.39. The van der Waals surface area contributed by atoms with Crippen LogP contribution >= 0.6 is 9.03 Å². The monoisotopic (exact) mass is 241 g/mol. The van der Waals surface area contributed by atoms with E-state index in [9.17, 15) is 9.69 Å². The zero-order valence-electron chi connectivity index (χ0n) is 9.34.